The zero-order valence-corrected chi connectivity index (χ0v) is 10.2. The highest BCUT2D eigenvalue weighted by Gasteiger charge is 1.81. The summed E-state index contributed by atoms with van der Waals surface area (Å²) in [6, 6.07) is 0. The minimum absolute atomic E-state index is 0.0278. The van der Waals surface area contributed by atoms with E-state index in [0.29, 0.717) is 13.2 Å². The molecule has 0 radical (unpaired) electrons. The highest BCUT2D eigenvalue weighted by molar-refractivity contribution is 4.35. The molecule has 7 heteroatoms. The van der Waals surface area contributed by atoms with E-state index < -0.39 is 6.79 Å². The Morgan fingerprint density at radius 3 is 1.12 bits per heavy atom. The van der Waals surface area contributed by atoms with E-state index in [-0.39, 0.29) is 26.4 Å². The SMILES string of the molecule is OCCCCCO.OCCOCCO.OCO. The molecule has 17 heavy (non-hydrogen) atoms. The van der Waals surface area contributed by atoms with Gasteiger partial charge in [-0.3, -0.25) is 0 Å². The van der Waals surface area contributed by atoms with Crippen LogP contribution in [-0.4, -0.2) is 77.1 Å². The number of unbranched alkanes of at least 4 members (excludes halogenated alkanes) is 2. The molecule has 108 valence electrons. The van der Waals surface area contributed by atoms with Gasteiger partial charge in [0.2, 0.25) is 0 Å². The van der Waals surface area contributed by atoms with Gasteiger partial charge in [0.15, 0.2) is 0 Å². The summed E-state index contributed by atoms with van der Waals surface area (Å²) < 4.78 is 4.63. The first-order chi connectivity index (χ1) is 8.24. The molecule has 0 aliphatic rings. The molecule has 0 aromatic carbocycles. The highest BCUT2D eigenvalue weighted by Crippen LogP contribution is 1.90. The maximum Gasteiger partial charge on any atom is 0.140 e. The molecule has 0 amide bonds. The van der Waals surface area contributed by atoms with Gasteiger partial charge in [-0.25, -0.2) is 0 Å². The van der Waals surface area contributed by atoms with Crippen molar-refractivity contribution in [2.24, 2.45) is 0 Å². The molecule has 0 rings (SSSR count). The summed E-state index contributed by atoms with van der Waals surface area (Å²) >= 11 is 0. The Kier molecular flexibility index (Phi) is 38.3. The fourth-order valence-electron chi connectivity index (χ4n) is 0.632. The Hall–Kier alpha value is -0.280. The predicted octanol–water partition coefficient (Wildman–Crippen LogP) is -1.94. The minimum atomic E-state index is -0.750. The van der Waals surface area contributed by atoms with Crippen molar-refractivity contribution in [2.45, 2.75) is 19.3 Å². The molecule has 0 aromatic heterocycles. The lowest BCUT2D eigenvalue weighted by atomic mass is 10.2. The lowest BCUT2D eigenvalue weighted by Crippen LogP contribution is -2.03. The maximum absolute atomic E-state index is 8.21. The smallest absolute Gasteiger partial charge is 0.140 e. The van der Waals surface area contributed by atoms with E-state index in [4.69, 9.17) is 30.6 Å². The van der Waals surface area contributed by atoms with Gasteiger partial charge in [0, 0.05) is 13.2 Å². The van der Waals surface area contributed by atoms with Gasteiger partial charge >= 0.3 is 0 Å². The number of hydrogen-bond donors (Lipinski definition) is 6. The molecular weight excluding hydrogens is 232 g/mol. The molecule has 0 aliphatic heterocycles. The summed E-state index contributed by atoms with van der Waals surface area (Å²) in [6.45, 7) is 0.446. The summed E-state index contributed by atoms with van der Waals surface area (Å²) in [5, 5.41) is 46.8. The largest absolute Gasteiger partial charge is 0.396 e. The summed E-state index contributed by atoms with van der Waals surface area (Å²) in [5.41, 5.74) is 0. The average Bonchev–Trinajstić information content (AvgIpc) is 2.32. The Bertz CT molecular complexity index is 74.7. The van der Waals surface area contributed by atoms with Crippen molar-refractivity contribution in [1.29, 1.82) is 0 Å². The van der Waals surface area contributed by atoms with Crippen molar-refractivity contribution in [3.63, 3.8) is 0 Å². The summed E-state index contributed by atoms with van der Waals surface area (Å²) in [6.07, 6.45) is 2.58. The fraction of sp³-hybridized carbons (Fsp3) is 1.00. The maximum atomic E-state index is 8.21. The second-order valence-electron chi connectivity index (χ2n) is 2.71. The van der Waals surface area contributed by atoms with Crippen LogP contribution in [-0.2, 0) is 4.74 Å². The molecule has 0 fully saturated rings. The Morgan fingerprint density at radius 1 is 0.529 bits per heavy atom. The van der Waals surface area contributed by atoms with E-state index in [1.165, 1.54) is 0 Å². The Labute approximate surface area is 102 Å². The topological polar surface area (TPSA) is 131 Å². The number of ether oxygens (including phenoxy) is 1. The van der Waals surface area contributed by atoms with Crippen LogP contribution in [0.15, 0.2) is 0 Å². The second-order valence-corrected chi connectivity index (χ2v) is 2.71. The van der Waals surface area contributed by atoms with Gasteiger partial charge in [0.05, 0.1) is 26.4 Å². The predicted molar refractivity (Wildman–Crippen MR) is 62.3 cm³/mol. The summed E-state index contributed by atoms with van der Waals surface area (Å²) in [7, 11) is 0. The van der Waals surface area contributed by atoms with Crippen LogP contribution in [0.5, 0.6) is 0 Å². The van der Waals surface area contributed by atoms with Crippen molar-refractivity contribution in [2.75, 3.05) is 46.4 Å². The third kappa shape index (κ3) is 49.7. The van der Waals surface area contributed by atoms with E-state index in [9.17, 15) is 0 Å². The van der Waals surface area contributed by atoms with Crippen molar-refractivity contribution < 1.29 is 35.4 Å². The minimum Gasteiger partial charge on any atom is -0.396 e. The lowest BCUT2D eigenvalue weighted by molar-refractivity contribution is 0.0650. The van der Waals surface area contributed by atoms with Crippen LogP contribution in [0.1, 0.15) is 19.3 Å². The van der Waals surface area contributed by atoms with Gasteiger partial charge in [0.1, 0.15) is 6.79 Å². The second kappa shape index (κ2) is 29.6. The van der Waals surface area contributed by atoms with E-state index in [2.05, 4.69) is 4.74 Å². The molecule has 7 nitrogen and oxygen atoms in total. The van der Waals surface area contributed by atoms with Gasteiger partial charge in [-0.1, -0.05) is 0 Å². The van der Waals surface area contributed by atoms with Gasteiger partial charge in [-0.15, -0.1) is 0 Å². The molecule has 0 atom stereocenters. The monoisotopic (exact) mass is 258 g/mol. The van der Waals surface area contributed by atoms with Crippen LogP contribution in [0.25, 0.3) is 0 Å². The summed E-state index contributed by atoms with van der Waals surface area (Å²) in [4.78, 5) is 0. The van der Waals surface area contributed by atoms with Gasteiger partial charge < -0.3 is 35.4 Å². The third-order valence-electron chi connectivity index (χ3n) is 1.29. The van der Waals surface area contributed by atoms with Gasteiger partial charge in [-0.2, -0.15) is 0 Å². The van der Waals surface area contributed by atoms with Crippen molar-refractivity contribution in [3.8, 4) is 0 Å². The number of hydrogen-bond acceptors (Lipinski definition) is 7. The molecule has 0 spiro atoms. The number of aliphatic hydroxyl groups excluding tert-OH is 5. The quantitative estimate of drug-likeness (QED) is 0.220. The molecular formula is C10H26O7. The van der Waals surface area contributed by atoms with E-state index in [1.807, 2.05) is 0 Å². The van der Waals surface area contributed by atoms with Crippen LogP contribution < -0.4 is 0 Å². The van der Waals surface area contributed by atoms with E-state index in [0.717, 1.165) is 19.3 Å². The van der Waals surface area contributed by atoms with Crippen LogP contribution >= 0.6 is 0 Å². The van der Waals surface area contributed by atoms with E-state index >= 15 is 0 Å². The fourth-order valence-corrected chi connectivity index (χ4v) is 0.632. The number of aliphatic hydroxyl groups is 6. The van der Waals surface area contributed by atoms with Gasteiger partial charge in [0.25, 0.3) is 0 Å². The van der Waals surface area contributed by atoms with E-state index in [1.54, 1.807) is 0 Å². The van der Waals surface area contributed by atoms with Gasteiger partial charge in [-0.05, 0) is 19.3 Å². The lowest BCUT2D eigenvalue weighted by Gasteiger charge is -1.94. The first-order valence-electron chi connectivity index (χ1n) is 5.47. The average molecular weight is 258 g/mol. The molecule has 0 saturated heterocycles. The molecule has 0 heterocycles. The molecule has 0 bridgehead atoms. The molecule has 0 saturated carbocycles. The highest BCUT2D eigenvalue weighted by atomic mass is 16.5. The first-order valence-corrected chi connectivity index (χ1v) is 5.47. The van der Waals surface area contributed by atoms with Crippen LogP contribution in [0.3, 0.4) is 0 Å². The van der Waals surface area contributed by atoms with Crippen molar-refractivity contribution >= 4 is 0 Å². The van der Waals surface area contributed by atoms with Crippen LogP contribution in [0.4, 0.5) is 0 Å². The third-order valence-corrected chi connectivity index (χ3v) is 1.29. The molecule has 6 N–H and O–H groups in total. The number of rotatable bonds is 8. The zero-order chi connectivity index (χ0) is 13.8. The first kappa shape index (κ1) is 21.9. The summed E-state index contributed by atoms with van der Waals surface area (Å²) in [5.74, 6) is 0. The zero-order valence-electron chi connectivity index (χ0n) is 10.2. The molecule has 0 aromatic rings. The Balaban J connectivity index is -0.000000188. The van der Waals surface area contributed by atoms with Crippen LogP contribution in [0.2, 0.25) is 0 Å². The standard InChI is InChI=1S/C5H12O2.C4H10O3.CH4O2/c6-4-2-1-3-5-7;5-1-3-7-4-2-6;2-1-3/h6-7H,1-5H2;5-6H,1-4H2;2-3H,1H2. The van der Waals surface area contributed by atoms with Crippen molar-refractivity contribution in [1.82, 2.24) is 0 Å². The Morgan fingerprint density at radius 2 is 0.882 bits per heavy atom. The normalized spacial score (nSPS) is 8.82. The molecule has 0 unspecified atom stereocenters. The van der Waals surface area contributed by atoms with Crippen molar-refractivity contribution in [3.05, 3.63) is 0 Å². The molecule has 0 aliphatic carbocycles. The van der Waals surface area contributed by atoms with Crippen LogP contribution in [0, 0.1) is 0 Å².